The van der Waals surface area contributed by atoms with Gasteiger partial charge in [-0.2, -0.15) is 0 Å². The zero-order chi connectivity index (χ0) is 12.8. The monoisotopic (exact) mass is 237 g/mol. The quantitative estimate of drug-likeness (QED) is 0.687. The molecule has 1 aliphatic carbocycles. The van der Waals surface area contributed by atoms with E-state index in [1.54, 1.807) is 13.1 Å². The molecule has 4 nitrogen and oxygen atoms in total. The SMILES string of the molecule is CN1C(=O)C(C(C)(C)C)=CC1OC(=O)C1CC1. The van der Waals surface area contributed by atoms with Gasteiger partial charge in [0.2, 0.25) is 0 Å². The molecule has 0 saturated heterocycles. The van der Waals surface area contributed by atoms with E-state index in [1.165, 1.54) is 4.90 Å². The first-order valence-electron chi connectivity index (χ1n) is 6.00. The Bertz CT molecular complexity index is 388. The Morgan fingerprint density at radius 3 is 2.41 bits per heavy atom. The summed E-state index contributed by atoms with van der Waals surface area (Å²) in [6, 6.07) is 0. The lowest BCUT2D eigenvalue weighted by Gasteiger charge is -2.21. The molecule has 1 amide bonds. The van der Waals surface area contributed by atoms with Gasteiger partial charge in [0, 0.05) is 12.6 Å². The van der Waals surface area contributed by atoms with E-state index >= 15 is 0 Å². The Kier molecular flexibility index (Phi) is 2.76. The zero-order valence-electron chi connectivity index (χ0n) is 10.8. The van der Waals surface area contributed by atoms with Gasteiger partial charge in [0.05, 0.1) is 5.92 Å². The largest absolute Gasteiger partial charge is 0.437 e. The normalized spacial score (nSPS) is 24.9. The van der Waals surface area contributed by atoms with Gasteiger partial charge >= 0.3 is 5.97 Å². The first-order valence-corrected chi connectivity index (χ1v) is 6.00. The molecule has 2 aliphatic rings. The molecular weight excluding hydrogens is 218 g/mol. The van der Waals surface area contributed by atoms with Crippen molar-refractivity contribution in [3.63, 3.8) is 0 Å². The van der Waals surface area contributed by atoms with Crippen molar-refractivity contribution < 1.29 is 14.3 Å². The summed E-state index contributed by atoms with van der Waals surface area (Å²) in [5.74, 6) is -0.169. The molecule has 17 heavy (non-hydrogen) atoms. The molecular formula is C13H19NO3. The van der Waals surface area contributed by atoms with Crippen molar-refractivity contribution >= 4 is 11.9 Å². The molecule has 0 bridgehead atoms. The molecule has 94 valence electrons. The number of carbonyl (C=O) groups excluding carboxylic acids is 2. The topological polar surface area (TPSA) is 46.6 Å². The summed E-state index contributed by atoms with van der Waals surface area (Å²) in [5.41, 5.74) is 0.500. The maximum atomic E-state index is 12.0. The van der Waals surface area contributed by atoms with Crippen LogP contribution in [0.3, 0.4) is 0 Å². The van der Waals surface area contributed by atoms with Crippen LogP contribution in [0, 0.1) is 11.3 Å². The predicted molar refractivity (Wildman–Crippen MR) is 62.9 cm³/mol. The molecule has 1 aliphatic heterocycles. The van der Waals surface area contributed by atoms with Crippen molar-refractivity contribution in [2.45, 2.75) is 39.8 Å². The van der Waals surface area contributed by atoms with Crippen molar-refractivity contribution in [1.29, 1.82) is 0 Å². The summed E-state index contributed by atoms with van der Waals surface area (Å²) in [7, 11) is 1.67. The Morgan fingerprint density at radius 1 is 1.41 bits per heavy atom. The Balaban J connectivity index is 2.10. The summed E-state index contributed by atoms with van der Waals surface area (Å²) in [4.78, 5) is 25.1. The molecule has 1 unspecified atom stereocenters. The number of amides is 1. The zero-order valence-corrected chi connectivity index (χ0v) is 10.8. The molecule has 0 aromatic carbocycles. The highest BCUT2D eigenvalue weighted by Crippen LogP contribution is 2.35. The van der Waals surface area contributed by atoms with E-state index in [9.17, 15) is 9.59 Å². The smallest absolute Gasteiger partial charge is 0.311 e. The van der Waals surface area contributed by atoms with E-state index in [0.717, 1.165) is 12.8 Å². The predicted octanol–water partition coefficient (Wildman–Crippen LogP) is 1.71. The first-order chi connectivity index (χ1) is 7.80. The molecule has 0 spiro atoms. The van der Waals surface area contributed by atoms with Gasteiger partial charge in [-0.15, -0.1) is 0 Å². The van der Waals surface area contributed by atoms with Crippen LogP contribution in [-0.4, -0.2) is 30.1 Å². The van der Waals surface area contributed by atoms with E-state index < -0.39 is 6.23 Å². The summed E-state index contributed by atoms with van der Waals surface area (Å²) in [6.45, 7) is 5.95. The maximum Gasteiger partial charge on any atom is 0.311 e. The van der Waals surface area contributed by atoms with Gasteiger partial charge in [0.25, 0.3) is 5.91 Å². The number of rotatable bonds is 2. The Morgan fingerprint density at radius 2 is 2.00 bits per heavy atom. The molecule has 0 aromatic heterocycles. The fourth-order valence-corrected chi connectivity index (χ4v) is 1.85. The molecule has 1 atom stereocenters. The van der Waals surface area contributed by atoms with Gasteiger partial charge in [-0.1, -0.05) is 20.8 Å². The van der Waals surface area contributed by atoms with E-state index in [4.69, 9.17) is 4.74 Å². The number of likely N-dealkylation sites (N-methyl/N-ethyl adjacent to an activating group) is 1. The van der Waals surface area contributed by atoms with Crippen LogP contribution >= 0.6 is 0 Å². The number of esters is 1. The standard InChI is InChI=1S/C13H19NO3/c1-13(2,3)9-7-10(14(4)11(9)15)17-12(16)8-5-6-8/h7-8,10H,5-6H2,1-4H3. The molecule has 0 N–H and O–H groups in total. The molecule has 4 heteroatoms. The van der Waals surface area contributed by atoms with Gasteiger partial charge in [0.1, 0.15) is 0 Å². The van der Waals surface area contributed by atoms with Crippen molar-refractivity contribution in [3.05, 3.63) is 11.6 Å². The van der Waals surface area contributed by atoms with Gasteiger partial charge < -0.3 is 9.64 Å². The first kappa shape index (κ1) is 12.1. The highest BCUT2D eigenvalue weighted by molar-refractivity contribution is 5.97. The number of hydrogen-bond donors (Lipinski definition) is 0. The van der Waals surface area contributed by atoms with E-state index in [-0.39, 0.29) is 23.2 Å². The third kappa shape index (κ3) is 2.35. The van der Waals surface area contributed by atoms with Crippen LogP contribution in [0.15, 0.2) is 11.6 Å². The highest BCUT2D eigenvalue weighted by atomic mass is 16.6. The van der Waals surface area contributed by atoms with E-state index in [1.807, 2.05) is 20.8 Å². The minimum Gasteiger partial charge on any atom is -0.437 e. The van der Waals surface area contributed by atoms with Gasteiger partial charge in [-0.25, -0.2) is 0 Å². The van der Waals surface area contributed by atoms with Crippen molar-refractivity contribution in [1.82, 2.24) is 4.90 Å². The minimum atomic E-state index is -0.523. The highest BCUT2D eigenvalue weighted by Gasteiger charge is 2.39. The van der Waals surface area contributed by atoms with Gasteiger partial charge in [-0.05, 0) is 24.3 Å². The summed E-state index contributed by atoms with van der Waals surface area (Å²) >= 11 is 0. The van der Waals surface area contributed by atoms with Crippen LogP contribution < -0.4 is 0 Å². The Labute approximate surface area is 102 Å². The van der Waals surface area contributed by atoms with Crippen LogP contribution in [0.1, 0.15) is 33.6 Å². The molecule has 0 radical (unpaired) electrons. The summed E-state index contributed by atoms with van der Waals surface area (Å²) in [6.07, 6.45) is 3.07. The number of nitrogens with zero attached hydrogens (tertiary/aromatic N) is 1. The average Bonchev–Trinajstić information content (AvgIpc) is 2.99. The molecule has 1 heterocycles. The fraction of sp³-hybridized carbons (Fsp3) is 0.692. The minimum absolute atomic E-state index is 0.0499. The number of hydrogen-bond acceptors (Lipinski definition) is 3. The van der Waals surface area contributed by atoms with Crippen LogP contribution in [0.25, 0.3) is 0 Å². The number of ether oxygens (including phenoxy) is 1. The fourth-order valence-electron chi connectivity index (χ4n) is 1.85. The van der Waals surface area contributed by atoms with Crippen molar-refractivity contribution in [3.8, 4) is 0 Å². The van der Waals surface area contributed by atoms with Crippen LogP contribution in [0.5, 0.6) is 0 Å². The average molecular weight is 237 g/mol. The third-order valence-corrected chi connectivity index (χ3v) is 3.20. The lowest BCUT2D eigenvalue weighted by Crippen LogP contribution is -2.35. The summed E-state index contributed by atoms with van der Waals surface area (Å²) in [5, 5.41) is 0. The lowest BCUT2D eigenvalue weighted by atomic mass is 9.86. The van der Waals surface area contributed by atoms with Crippen molar-refractivity contribution in [2.24, 2.45) is 11.3 Å². The van der Waals surface area contributed by atoms with Gasteiger partial charge in [0.15, 0.2) is 6.23 Å². The van der Waals surface area contributed by atoms with Crippen LogP contribution in [0.4, 0.5) is 0 Å². The second-order valence-electron chi connectivity index (χ2n) is 5.85. The maximum absolute atomic E-state index is 12.0. The van der Waals surface area contributed by atoms with Crippen molar-refractivity contribution in [2.75, 3.05) is 7.05 Å². The van der Waals surface area contributed by atoms with Gasteiger partial charge in [-0.3, -0.25) is 9.59 Å². The molecule has 1 saturated carbocycles. The number of carbonyl (C=O) groups is 2. The molecule has 2 rings (SSSR count). The summed E-state index contributed by atoms with van der Waals surface area (Å²) < 4.78 is 5.33. The van der Waals surface area contributed by atoms with Crippen LogP contribution in [0.2, 0.25) is 0 Å². The third-order valence-electron chi connectivity index (χ3n) is 3.20. The molecule has 0 aromatic rings. The second-order valence-corrected chi connectivity index (χ2v) is 5.85. The second kappa shape index (κ2) is 3.86. The molecule has 1 fully saturated rings. The lowest BCUT2D eigenvalue weighted by molar-refractivity contribution is -0.157. The Hall–Kier alpha value is -1.32. The van der Waals surface area contributed by atoms with E-state index in [0.29, 0.717) is 5.57 Å². The van der Waals surface area contributed by atoms with Crippen LogP contribution in [-0.2, 0) is 14.3 Å². The van der Waals surface area contributed by atoms with E-state index in [2.05, 4.69) is 0 Å².